The number of benzene rings is 1. The van der Waals surface area contributed by atoms with E-state index in [2.05, 4.69) is 27.8 Å². The van der Waals surface area contributed by atoms with E-state index in [1.807, 2.05) is 30.3 Å². The van der Waals surface area contributed by atoms with Crippen LogP contribution in [0, 0.1) is 0 Å². The predicted molar refractivity (Wildman–Crippen MR) is 76.6 cm³/mol. The molecule has 0 aliphatic carbocycles. The maximum atomic E-state index is 12.6. The molecule has 1 aromatic carbocycles. The summed E-state index contributed by atoms with van der Waals surface area (Å²) in [5, 5.41) is 2.79. The van der Waals surface area contributed by atoms with Gasteiger partial charge in [-0.1, -0.05) is 52.8 Å². The molecule has 0 saturated carbocycles. The van der Waals surface area contributed by atoms with Gasteiger partial charge in [-0.3, -0.25) is 9.59 Å². The lowest BCUT2D eigenvalue weighted by Gasteiger charge is -2.40. The van der Waals surface area contributed by atoms with Gasteiger partial charge < -0.3 is 10.2 Å². The highest BCUT2D eigenvalue weighted by atomic mass is 79.9. The summed E-state index contributed by atoms with van der Waals surface area (Å²) < 4.78 is 0.672. The highest BCUT2D eigenvalue weighted by molar-refractivity contribution is 9.11. The minimum absolute atomic E-state index is 0.0614. The van der Waals surface area contributed by atoms with Crippen molar-refractivity contribution in [1.82, 2.24) is 10.2 Å². The van der Waals surface area contributed by atoms with E-state index in [-0.39, 0.29) is 18.4 Å². The molecule has 100 valence electrons. The molecule has 0 radical (unpaired) electrons. The summed E-state index contributed by atoms with van der Waals surface area (Å²) in [6.07, 6.45) is 0. The second-order valence-electron chi connectivity index (χ2n) is 4.72. The van der Waals surface area contributed by atoms with Crippen molar-refractivity contribution >= 4 is 27.7 Å². The summed E-state index contributed by atoms with van der Waals surface area (Å²) in [5.41, 5.74) is -0.239. The molecule has 1 fully saturated rings. The van der Waals surface area contributed by atoms with Gasteiger partial charge in [0, 0.05) is 4.48 Å². The quantitative estimate of drug-likeness (QED) is 0.922. The van der Waals surface area contributed by atoms with E-state index < -0.39 is 5.54 Å². The van der Waals surface area contributed by atoms with Gasteiger partial charge in [0.05, 0.1) is 6.54 Å². The van der Waals surface area contributed by atoms with Crippen LogP contribution in [0.3, 0.4) is 0 Å². The maximum absolute atomic E-state index is 12.6. The topological polar surface area (TPSA) is 49.4 Å². The average molecular weight is 323 g/mol. The Morgan fingerprint density at radius 2 is 2.05 bits per heavy atom. The molecule has 1 saturated heterocycles. The fourth-order valence-corrected chi connectivity index (χ4v) is 2.54. The number of piperazine rings is 1. The fraction of sp³-hybridized carbons (Fsp3) is 0.286. The van der Waals surface area contributed by atoms with Gasteiger partial charge in [-0.05, 0) is 12.5 Å². The van der Waals surface area contributed by atoms with Crippen LogP contribution >= 0.6 is 15.9 Å². The zero-order chi connectivity index (χ0) is 14.0. The number of halogens is 1. The molecule has 1 aliphatic rings. The van der Waals surface area contributed by atoms with Crippen LogP contribution in [-0.4, -0.2) is 29.8 Å². The van der Waals surface area contributed by atoms with Crippen molar-refractivity contribution < 1.29 is 9.59 Å². The average Bonchev–Trinajstić information content (AvgIpc) is 2.36. The number of amides is 2. The molecule has 0 bridgehead atoms. The van der Waals surface area contributed by atoms with Crippen LogP contribution in [0.4, 0.5) is 0 Å². The second kappa shape index (κ2) is 5.17. The Morgan fingerprint density at radius 1 is 1.42 bits per heavy atom. The SMILES string of the molecule is C=C(Br)CN1CC(=O)NC(C)(c2ccccc2)C1=O. The molecule has 1 heterocycles. The van der Waals surface area contributed by atoms with Crippen LogP contribution in [0.5, 0.6) is 0 Å². The van der Waals surface area contributed by atoms with E-state index >= 15 is 0 Å². The lowest BCUT2D eigenvalue weighted by Crippen LogP contribution is -2.63. The number of hydrogen-bond donors (Lipinski definition) is 1. The van der Waals surface area contributed by atoms with E-state index in [4.69, 9.17) is 0 Å². The zero-order valence-corrected chi connectivity index (χ0v) is 12.2. The number of carbonyl (C=O) groups is 2. The Balaban J connectivity index is 2.36. The Labute approximate surface area is 120 Å². The molecule has 19 heavy (non-hydrogen) atoms. The molecule has 1 aromatic rings. The van der Waals surface area contributed by atoms with Crippen molar-refractivity contribution in [2.45, 2.75) is 12.5 Å². The Hall–Kier alpha value is -1.62. The zero-order valence-electron chi connectivity index (χ0n) is 10.6. The highest BCUT2D eigenvalue weighted by Crippen LogP contribution is 2.26. The van der Waals surface area contributed by atoms with Crippen molar-refractivity contribution in [2.24, 2.45) is 0 Å². The number of rotatable bonds is 3. The Bertz CT molecular complexity index is 528. The number of nitrogens with zero attached hydrogens (tertiary/aromatic N) is 1. The van der Waals surface area contributed by atoms with Crippen LogP contribution in [0.15, 0.2) is 41.4 Å². The van der Waals surface area contributed by atoms with Crippen molar-refractivity contribution in [2.75, 3.05) is 13.1 Å². The van der Waals surface area contributed by atoms with Gasteiger partial charge >= 0.3 is 0 Å². The summed E-state index contributed by atoms with van der Waals surface area (Å²) in [5.74, 6) is -0.293. The molecule has 0 aromatic heterocycles. The number of hydrogen-bond acceptors (Lipinski definition) is 2. The van der Waals surface area contributed by atoms with Crippen molar-refractivity contribution in [1.29, 1.82) is 0 Å². The molecule has 2 amide bonds. The van der Waals surface area contributed by atoms with Crippen LogP contribution in [0.2, 0.25) is 0 Å². The minimum atomic E-state index is -1.01. The minimum Gasteiger partial charge on any atom is -0.337 e. The Kier molecular flexibility index (Phi) is 3.75. The molecule has 2 rings (SSSR count). The summed E-state index contributed by atoms with van der Waals surface area (Å²) in [7, 11) is 0. The summed E-state index contributed by atoms with van der Waals surface area (Å²) in [6.45, 7) is 5.84. The number of nitrogens with one attached hydrogen (secondary N) is 1. The van der Waals surface area contributed by atoms with E-state index in [1.54, 1.807) is 6.92 Å². The van der Waals surface area contributed by atoms with Crippen LogP contribution in [0.25, 0.3) is 0 Å². The lowest BCUT2D eigenvalue weighted by molar-refractivity contribution is -0.149. The van der Waals surface area contributed by atoms with Crippen molar-refractivity contribution in [3.63, 3.8) is 0 Å². The van der Waals surface area contributed by atoms with Crippen LogP contribution in [-0.2, 0) is 15.1 Å². The first kappa shape index (κ1) is 13.8. The largest absolute Gasteiger partial charge is 0.337 e. The molecular weight excluding hydrogens is 308 g/mol. The van der Waals surface area contributed by atoms with E-state index in [0.29, 0.717) is 11.0 Å². The molecule has 4 nitrogen and oxygen atoms in total. The van der Waals surface area contributed by atoms with Gasteiger partial charge in [-0.2, -0.15) is 0 Å². The van der Waals surface area contributed by atoms with E-state index in [9.17, 15) is 9.59 Å². The monoisotopic (exact) mass is 322 g/mol. The molecule has 1 N–H and O–H groups in total. The van der Waals surface area contributed by atoms with Gasteiger partial charge in [0.1, 0.15) is 12.1 Å². The van der Waals surface area contributed by atoms with Gasteiger partial charge in [-0.25, -0.2) is 0 Å². The molecule has 5 heteroatoms. The fourth-order valence-electron chi connectivity index (χ4n) is 2.24. The highest BCUT2D eigenvalue weighted by Gasteiger charge is 2.44. The van der Waals surface area contributed by atoms with E-state index in [0.717, 1.165) is 5.56 Å². The van der Waals surface area contributed by atoms with Gasteiger partial charge in [-0.15, -0.1) is 0 Å². The van der Waals surface area contributed by atoms with E-state index in [1.165, 1.54) is 4.90 Å². The predicted octanol–water partition coefficient (Wildman–Crippen LogP) is 1.77. The molecule has 1 unspecified atom stereocenters. The first-order chi connectivity index (χ1) is 8.93. The normalized spacial score (nSPS) is 23.2. The Morgan fingerprint density at radius 3 is 2.63 bits per heavy atom. The van der Waals surface area contributed by atoms with Crippen LogP contribution < -0.4 is 5.32 Å². The summed E-state index contributed by atoms with van der Waals surface area (Å²) >= 11 is 3.23. The maximum Gasteiger partial charge on any atom is 0.253 e. The van der Waals surface area contributed by atoms with Gasteiger partial charge in [0.2, 0.25) is 5.91 Å². The third kappa shape index (κ3) is 2.71. The standard InChI is InChI=1S/C14H15BrN2O2/c1-10(15)8-17-9-12(18)16-14(2,13(17)19)11-6-4-3-5-7-11/h3-7H,1,8-9H2,2H3,(H,16,18). The van der Waals surface area contributed by atoms with Gasteiger partial charge in [0.15, 0.2) is 0 Å². The molecule has 1 aliphatic heterocycles. The third-order valence-corrected chi connectivity index (χ3v) is 3.40. The van der Waals surface area contributed by atoms with Crippen molar-refractivity contribution in [3.8, 4) is 0 Å². The first-order valence-electron chi connectivity index (χ1n) is 5.92. The first-order valence-corrected chi connectivity index (χ1v) is 6.72. The van der Waals surface area contributed by atoms with Crippen LogP contribution in [0.1, 0.15) is 12.5 Å². The van der Waals surface area contributed by atoms with Gasteiger partial charge in [0.25, 0.3) is 5.91 Å². The molecule has 0 spiro atoms. The smallest absolute Gasteiger partial charge is 0.253 e. The summed E-state index contributed by atoms with van der Waals surface area (Å²) in [4.78, 5) is 25.9. The number of carbonyl (C=O) groups excluding carboxylic acids is 2. The molecule has 1 atom stereocenters. The lowest BCUT2D eigenvalue weighted by atomic mass is 9.88. The summed E-state index contributed by atoms with van der Waals surface area (Å²) in [6, 6.07) is 9.25. The second-order valence-corrected chi connectivity index (χ2v) is 5.84. The van der Waals surface area contributed by atoms with Crippen molar-refractivity contribution in [3.05, 3.63) is 47.0 Å². The molecular formula is C14H15BrN2O2. The third-order valence-electron chi connectivity index (χ3n) is 3.15.